The van der Waals surface area contributed by atoms with Crippen molar-refractivity contribution in [2.45, 2.75) is 32.7 Å². The lowest BCUT2D eigenvalue weighted by molar-refractivity contribution is -0.123. The number of hydrogen-bond donors (Lipinski definition) is 1. The number of carbonyl (C=O) groups is 1. The number of rotatable bonds is 5. The van der Waals surface area contributed by atoms with Gasteiger partial charge in [0.1, 0.15) is 11.2 Å². The van der Waals surface area contributed by atoms with E-state index in [-0.39, 0.29) is 11.5 Å². The Labute approximate surface area is 156 Å². The van der Waals surface area contributed by atoms with Gasteiger partial charge in [-0.15, -0.1) is 11.3 Å². The van der Waals surface area contributed by atoms with Crippen molar-refractivity contribution in [1.82, 2.24) is 9.78 Å². The van der Waals surface area contributed by atoms with Crippen LogP contribution in [0.4, 0.5) is 5.69 Å². The Bertz CT molecular complexity index is 975. The molecule has 2 heterocycles. The van der Waals surface area contributed by atoms with E-state index in [9.17, 15) is 9.59 Å². The summed E-state index contributed by atoms with van der Waals surface area (Å²) in [4.78, 5) is 26.3. The molecule has 134 valence electrons. The van der Waals surface area contributed by atoms with Gasteiger partial charge >= 0.3 is 0 Å². The van der Waals surface area contributed by atoms with Gasteiger partial charge in [-0.3, -0.25) is 9.59 Å². The largest absolute Gasteiger partial charge is 0.324 e. The van der Waals surface area contributed by atoms with Crippen molar-refractivity contribution >= 4 is 22.9 Å². The van der Waals surface area contributed by atoms with Crippen molar-refractivity contribution in [3.8, 4) is 10.6 Å². The highest BCUT2D eigenvalue weighted by molar-refractivity contribution is 7.13. The van der Waals surface area contributed by atoms with Gasteiger partial charge in [-0.2, -0.15) is 5.10 Å². The van der Waals surface area contributed by atoms with E-state index in [0.29, 0.717) is 5.69 Å². The van der Waals surface area contributed by atoms with Crippen molar-refractivity contribution in [3.05, 3.63) is 69.8 Å². The number of benzene rings is 1. The minimum atomic E-state index is -1.13. The van der Waals surface area contributed by atoms with E-state index in [1.807, 2.05) is 48.7 Å². The summed E-state index contributed by atoms with van der Waals surface area (Å²) in [5, 5.41) is 9.34. The number of para-hydroxylation sites is 1. The normalized spacial score (nSPS) is 11.3. The minimum absolute atomic E-state index is 0.281. The Balaban J connectivity index is 1.95. The van der Waals surface area contributed by atoms with Crippen molar-refractivity contribution in [1.29, 1.82) is 0 Å². The van der Waals surface area contributed by atoms with E-state index in [0.717, 1.165) is 22.5 Å². The Hall–Kier alpha value is -2.73. The highest BCUT2D eigenvalue weighted by Gasteiger charge is 2.32. The van der Waals surface area contributed by atoms with Crippen LogP contribution in [0.5, 0.6) is 0 Å². The summed E-state index contributed by atoms with van der Waals surface area (Å²) in [6.45, 7) is 5.43. The third-order valence-corrected chi connectivity index (χ3v) is 5.20. The molecule has 0 radical (unpaired) electrons. The average molecular weight is 367 g/mol. The first-order valence-corrected chi connectivity index (χ1v) is 9.35. The second-order valence-corrected chi connectivity index (χ2v) is 7.42. The Kier molecular flexibility index (Phi) is 5.04. The number of hydrogen-bond acceptors (Lipinski definition) is 4. The second kappa shape index (κ2) is 7.25. The van der Waals surface area contributed by atoms with Gasteiger partial charge in [0.25, 0.3) is 11.5 Å². The monoisotopic (exact) mass is 367 g/mol. The molecule has 2 aromatic heterocycles. The van der Waals surface area contributed by atoms with Crippen molar-refractivity contribution in [3.63, 3.8) is 0 Å². The lowest BCUT2D eigenvalue weighted by atomic mass is 10.0. The summed E-state index contributed by atoms with van der Waals surface area (Å²) in [7, 11) is 0. The summed E-state index contributed by atoms with van der Waals surface area (Å²) >= 11 is 1.54. The molecule has 3 rings (SSSR count). The molecule has 1 amide bonds. The maximum atomic E-state index is 12.9. The van der Waals surface area contributed by atoms with Crippen LogP contribution in [0.2, 0.25) is 0 Å². The van der Waals surface area contributed by atoms with E-state index in [1.54, 1.807) is 19.9 Å². The van der Waals surface area contributed by atoms with Crippen LogP contribution in [-0.4, -0.2) is 15.7 Å². The lowest BCUT2D eigenvalue weighted by Gasteiger charge is -2.26. The molecule has 0 aliphatic rings. The second-order valence-electron chi connectivity index (χ2n) is 6.47. The predicted octanol–water partition coefficient (Wildman–Crippen LogP) is 3.91. The standard InChI is InChI=1S/C20H21N3O2S/c1-4-14-8-5-6-9-15(14)21-19(25)20(2,3)23-18(24)12-11-16(22-23)17-10-7-13-26-17/h5-13H,4H2,1-3H3,(H,21,25). The van der Waals surface area contributed by atoms with E-state index >= 15 is 0 Å². The fraction of sp³-hybridized carbons (Fsp3) is 0.250. The highest BCUT2D eigenvalue weighted by atomic mass is 32.1. The molecule has 1 aromatic carbocycles. The molecule has 1 N–H and O–H groups in total. The molecule has 0 unspecified atom stereocenters. The van der Waals surface area contributed by atoms with Crippen LogP contribution in [0.3, 0.4) is 0 Å². The van der Waals surface area contributed by atoms with Gasteiger partial charge in [0.2, 0.25) is 0 Å². The zero-order valence-electron chi connectivity index (χ0n) is 15.0. The molecule has 0 aliphatic carbocycles. The number of thiophene rings is 1. The fourth-order valence-corrected chi connectivity index (χ4v) is 3.38. The first kappa shape index (κ1) is 18.1. The number of carbonyl (C=O) groups excluding carboxylic acids is 1. The van der Waals surface area contributed by atoms with Crippen molar-refractivity contribution < 1.29 is 4.79 Å². The van der Waals surface area contributed by atoms with Gasteiger partial charge in [0, 0.05) is 11.8 Å². The molecule has 0 fully saturated rings. The van der Waals surface area contributed by atoms with Crippen LogP contribution in [0.1, 0.15) is 26.3 Å². The number of nitrogens with one attached hydrogen (secondary N) is 1. The van der Waals surface area contributed by atoms with E-state index in [1.165, 1.54) is 22.1 Å². The van der Waals surface area contributed by atoms with Crippen LogP contribution in [-0.2, 0) is 16.8 Å². The molecular weight excluding hydrogens is 346 g/mol. The number of nitrogens with zero attached hydrogens (tertiary/aromatic N) is 2. The molecule has 0 saturated carbocycles. The van der Waals surface area contributed by atoms with Crippen molar-refractivity contribution in [2.75, 3.05) is 5.32 Å². The molecule has 0 atom stereocenters. The van der Waals surface area contributed by atoms with Gasteiger partial charge in [0.15, 0.2) is 0 Å². The van der Waals surface area contributed by atoms with Gasteiger partial charge < -0.3 is 5.32 Å². The molecular formula is C20H21N3O2S. The third kappa shape index (κ3) is 3.46. The van der Waals surface area contributed by atoms with Crippen LogP contribution >= 0.6 is 11.3 Å². The number of aryl methyl sites for hydroxylation is 1. The molecule has 0 aliphatic heterocycles. The molecule has 5 nitrogen and oxygen atoms in total. The fourth-order valence-electron chi connectivity index (χ4n) is 2.69. The Morgan fingerprint density at radius 2 is 1.92 bits per heavy atom. The Morgan fingerprint density at radius 3 is 2.62 bits per heavy atom. The molecule has 6 heteroatoms. The molecule has 0 spiro atoms. The van der Waals surface area contributed by atoms with Crippen molar-refractivity contribution in [2.24, 2.45) is 0 Å². The SMILES string of the molecule is CCc1ccccc1NC(=O)C(C)(C)n1nc(-c2cccs2)ccc1=O. The quantitative estimate of drug-likeness (QED) is 0.744. The smallest absolute Gasteiger partial charge is 0.267 e. The van der Waals surface area contributed by atoms with Crippen LogP contribution in [0.15, 0.2) is 58.7 Å². The maximum Gasteiger partial charge on any atom is 0.267 e. The highest BCUT2D eigenvalue weighted by Crippen LogP contribution is 2.24. The first-order chi connectivity index (χ1) is 12.4. The zero-order chi connectivity index (χ0) is 18.7. The minimum Gasteiger partial charge on any atom is -0.324 e. The number of aromatic nitrogens is 2. The summed E-state index contributed by atoms with van der Waals surface area (Å²) in [5.74, 6) is -0.281. The average Bonchev–Trinajstić information content (AvgIpc) is 3.17. The van der Waals surface area contributed by atoms with Crippen LogP contribution in [0, 0.1) is 0 Å². The summed E-state index contributed by atoms with van der Waals surface area (Å²) in [6, 6.07) is 14.7. The molecule has 3 aromatic rings. The van der Waals surface area contributed by atoms with Gasteiger partial charge in [0.05, 0.1) is 4.88 Å². The topological polar surface area (TPSA) is 64.0 Å². The Morgan fingerprint density at radius 1 is 1.15 bits per heavy atom. The van der Waals surface area contributed by atoms with Crippen LogP contribution in [0.25, 0.3) is 10.6 Å². The van der Waals surface area contributed by atoms with Gasteiger partial charge in [-0.25, -0.2) is 4.68 Å². The molecule has 0 bridgehead atoms. The van der Waals surface area contributed by atoms with E-state index in [4.69, 9.17) is 0 Å². The first-order valence-electron chi connectivity index (χ1n) is 8.47. The van der Waals surface area contributed by atoms with E-state index < -0.39 is 5.54 Å². The van der Waals surface area contributed by atoms with E-state index in [2.05, 4.69) is 10.4 Å². The summed E-state index contributed by atoms with van der Waals surface area (Å²) in [5.41, 5.74) is 1.04. The third-order valence-electron chi connectivity index (χ3n) is 4.31. The lowest BCUT2D eigenvalue weighted by Crippen LogP contribution is -2.47. The van der Waals surface area contributed by atoms with Gasteiger partial charge in [-0.05, 0) is 49.4 Å². The predicted molar refractivity (Wildman–Crippen MR) is 106 cm³/mol. The number of anilines is 1. The molecule has 26 heavy (non-hydrogen) atoms. The van der Waals surface area contributed by atoms with Gasteiger partial charge in [-0.1, -0.05) is 31.2 Å². The summed E-state index contributed by atoms with van der Waals surface area (Å²) < 4.78 is 1.26. The van der Waals surface area contributed by atoms with Crippen LogP contribution < -0.4 is 10.9 Å². The molecule has 0 saturated heterocycles. The summed E-state index contributed by atoms with van der Waals surface area (Å²) in [6.07, 6.45) is 0.808. The maximum absolute atomic E-state index is 12.9. The zero-order valence-corrected chi connectivity index (χ0v) is 15.8. The number of amides is 1.